The van der Waals surface area contributed by atoms with E-state index < -0.39 is 0 Å². The number of pyridine rings is 2. The van der Waals surface area contributed by atoms with Crippen LogP contribution in [-0.4, -0.2) is 16.7 Å². The Kier molecular flexibility index (Phi) is 10.0. The Morgan fingerprint density at radius 2 is 1.15 bits per heavy atom. The first-order valence-electron chi connectivity index (χ1n) is 18.2. The van der Waals surface area contributed by atoms with Gasteiger partial charge in [0, 0.05) is 49.6 Å². The standard InChI is InChI=1S/C30H19BNO2.C19H16N.Ir/c1-19-17-25(32-18-22(19)20-9-3-2-4-10-20)21-15-16-28-29-30(21)34-27-14-8-6-12-24(27)31(29)23-11-5-7-13-26(23)33-28;1-14-8-10-17(11-9-14)19-12-18(15(2)13-20-19)16-6-4-3-5-7-16;/h2-14,16-18H,1H3;3-10,12-13H,1-2H3;/q2*-1;. The second-order valence-electron chi connectivity index (χ2n) is 13.8. The Morgan fingerprint density at radius 3 is 1.80 bits per heavy atom. The quantitative estimate of drug-likeness (QED) is 0.131. The van der Waals surface area contributed by atoms with Crippen molar-refractivity contribution in [3.05, 3.63) is 187 Å². The molecule has 10 rings (SSSR count). The van der Waals surface area contributed by atoms with Gasteiger partial charge in [-0.25, -0.2) is 0 Å². The number of aryl methyl sites for hydroxylation is 3. The second-order valence-corrected chi connectivity index (χ2v) is 13.8. The van der Waals surface area contributed by atoms with Crippen molar-refractivity contribution in [3.8, 4) is 67.8 Å². The van der Waals surface area contributed by atoms with Crippen LogP contribution in [0.25, 0.3) is 44.8 Å². The second kappa shape index (κ2) is 15.4. The molecule has 0 aliphatic carbocycles. The van der Waals surface area contributed by atoms with Gasteiger partial charge in [0.15, 0.2) is 0 Å². The molecule has 0 amide bonds. The fourth-order valence-electron chi connectivity index (χ4n) is 7.39. The molecule has 8 aromatic rings. The van der Waals surface area contributed by atoms with Crippen molar-refractivity contribution in [3.63, 3.8) is 0 Å². The summed E-state index contributed by atoms with van der Waals surface area (Å²) in [6.45, 7) is 6.32. The van der Waals surface area contributed by atoms with Crippen molar-refractivity contribution in [2.45, 2.75) is 20.8 Å². The molecule has 4 heterocycles. The number of ether oxygens (including phenoxy) is 2. The van der Waals surface area contributed by atoms with E-state index >= 15 is 0 Å². The van der Waals surface area contributed by atoms with E-state index in [-0.39, 0.29) is 26.8 Å². The topological polar surface area (TPSA) is 44.2 Å². The summed E-state index contributed by atoms with van der Waals surface area (Å²) in [6.07, 6.45) is 3.88. The van der Waals surface area contributed by atoms with Gasteiger partial charge in [-0.05, 0) is 76.1 Å². The van der Waals surface area contributed by atoms with Gasteiger partial charge >= 0.3 is 0 Å². The summed E-state index contributed by atoms with van der Waals surface area (Å²) < 4.78 is 12.8. The summed E-state index contributed by atoms with van der Waals surface area (Å²) in [5.74, 6) is 3.30. The largest absolute Gasteiger partial charge is 0.503 e. The van der Waals surface area contributed by atoms with E-state index in [0.29, 0.717) is 0 Å². The summed E-state index contributed by atoms with van der Waals surface area (Å²) >= 11 is 0. The molecule has 0 bridgehead atoms. The number of fused-ring (bicyclic) bond motifs is 4. The molecule has 2 aliphatic heterocycles. The number of nitrogens with zero attached hydrogens (tertiary/aromatic N) is 2. The third-order valence-corrected chi connectivity index (χ3v) is 10.1. The van der Waals surface area contributed by atoms with Gasteiger partial charge in [0.1, 0.15) is 11.5 Å². The summed E-state index contributed by atoms with van der Waals surface area (Å²) in [7, 11) is 0. The van der Waals surface area contributed by atoms with Gasteiger partial charge in [0.2, 0.25) is 6.71 Å². The first-order chi connectivity index (χ1) is 26.5. The molecule has 0 N–H and O–H groups in total. The Balaban J connectivity index is 0.000000175. The summed E-state index contributed by atoms with van der Waals surface area (Å²) in [5, 5.41) is 0. The molecular weight excluding hydrogens is 852 g/mol. The molecule has 4 nitrogen and oxygen atoms in total. The number of aromatic nitrogens is 2. The third kappa shape index (κ3) is 6.92. The van der Waals surface area contributed by atoms with Gasteiger partial charge in [0.25, 0.3) is 0 Å². The smallest absolute Gasteiger partial charge is 0.239 e. The minimum absolute atomic E-state index is 0. The first kappa shape index (κ1) is 35.9. The Morgan fingerprint density at radius 1 is 0.527 bits per heavy atom. The van der Waals surface area contributed by atoms with Gasteiger partial charge in [0.05, 0.1) is 0 Å². The summed E-state index contributed by atoms with van der Waals surface area (Å²) in [6, 6.07) is 56.3. The predicted octanol–water partition coefficient (Wildman–Crippen LogP) is 10.1. The van der Waals surface area contributed by atoms with E-state index in [1.165, 1.54) is 22.3 Å². The molecule has 0 saturated heterocycles. The van der Waals surface area contributed by atoms with E-state index in [2.05, 4.69) is 123 Å². The van der Waals surface area contributed by atoms with Crippen LogP contribution in [0, 0.1) is 32.9 Å². The average molecular weight is 887 g/mol. The van der Waals surface area contributed by atoms with E-state index in [0.717, 1.165) is 78.6 Å². The van der Waals surface area contributed by atoms with Crippen LogP contribution in [0.3, 0.4) is 0 Å². The monoisotopic (exact) mass is 887 g/mol. The number of hydrogen-bond donors (Lipinski definition) is 0. The van der Waals surface area contributed by atoms with E-state index in [4.69, 9.17) is 14.5 Å². The maximum Gasteiger partial charge on any atom is 0.239 e. The number of benzene rings is 6. The minimum Gasteiger partial charge on any atom is -0.503 e. The molecule has 2 aromatic heterocycles. The molecule has 6 heteroatoms. The molecule has 6 aromatic carbocycles. The SMILES string of the molecule is Cc1c[c-]c(-c2cc(-c3ccccc3)c(C)cn2)cc1.Cc1cc(-c2[c-]cc3c4c2Oc2ccccc2B4c2ccccc2O3)ncc1-c1ccccc1.[Ir]. The Hall–Kier alpha value is -6.07. The fourth-order valence-corrected chi connectivity index (χ4v) is 7.39. The Labute approximate surface area is 336 Å². The Bertz CT molecular complexity index is 2640. The molecule has 0 saturated carbocycles. The van der Waals surface area contributed by atoms with Crippen LogP contribution in [0.4, 0.5) is 0 Å². The zero-order valence-electron chi connectivity index (χ0n) is 30.6. The maximum absolute atomic E-state index is 6.53. The molecule has 55 heavy (non-hydrogen) atoms. The molecule has 2 aliphatic rings. The molecule has 0 unspecified atom stereocenters. The van der Waals surface area contributed by atoms with Gasteiger partial charge in [-0.3, -0.25) is 0 Å². The van der Waals surface area contributed by atoms with Crippen molar-refractivity contribution < 1.29 is 29.6 Å². The maximum atomic E-state index is 6.53. The van der Waals surface area contributed by atoms with Crippen molar-refractivity contribution in [1.82, 2.24) is 9.97 Å². The van der Waals surface area contributed by atoms with Gasteiger partial charge in [-0.15, -0.1) is 47.5 Å². The van der Waals surface area contributed by atoms with Gasteiger partial charge in [-0.1, -0.05) is 127 Å². The van der Waals surface area contributed by atoms with Crippen LogP contribution in [0.5, 0.6) is 23.0 Å². The molecule has 0 fully saturated rings. The van der Waals surface area contributed by atoms with Crippen LogP contribution in [0.15, 0.2) is 158 Å². The molecule has 0 atom stereocenters. The molecule has 0 spiro atoms. The minimum atomic E-state index is 0. The fraction of sp³-hybridized carbons (Fsp3) is 0.0612. The number of hydrogen-bond acceptors (Lipinski definition) is 4. The van der Waals surface area contributed by atoms with Crippen molar-refractivity contribution >= 4 is 23.1 Å². The normalized spacial score (nSPS) is 11.7. The van der Waals surface area contributed by atoms with Crippen molar-refractivity contribution in [2.75, 3.05) is 0 Å². The number of rotatable bonds is 4. The van der Waals surface area contributed by atoms with Crippen molar-refractivity contribution in [1.29, 1.82) is 0 Å². The van der Waals surface area contributed by atoms with Crippen molar-refractivity contribution in [2.24, 2.45) is 0 Å². The van der Waals surface area contributed by atoms with Crippen LogP contribution < -0.4 is 25.9 Å². The molecule has 1 radical (unpaired) electrons. The van der Waals surface area contributed by atoms with E-state index in [1.54, 1.807) is 0 Å². The zero-order valence-corrected chi connectivity index (χ0v) is 33.0. The predicted molar refractivity (Wildman–Crippen MR) is 220 cm³/mol. The van der Waals surface area contributed by atoms with Gasteiger partial charge in [-0.2, -0.15) is 0 Å². The first-order valence-corrected chi connectivity index (χ1v) is 18.2. The van der Waals surface area contributed by atoms with Crippen LogP contribution in [0.2, 0.25) is 0 Å². The van der Waals surface area contributed by atoms with Crippen LogP contribution >= 0.6 is 0 Å². The summed E-state index contributed by atoms with van der Waals surface area (Å²) in [4.78, 5) is 9.37. The van der Waals surface area contributed by atoms with E-state index in [9.17, 15) is 0 Å². The van der Waals surface area contributed by atoms with Crippen LogP contribution in [-0.2, 0) is 20.1 Å². The molecule has 267 valence electrons. The number of para-hydroxylation sites is 2. The van der Waals surface area contributed by atoms with Gasteiger partial charge < -0.3 is 19.4 Å². The van der Waals surface area contributed by atoms with Crippen LogP contribution in [0.1, 0.15) is 16.7 Å². The summed E-state index contributed by atoms with van der Waals surface area (Å²) in [5.41, 5.74) is 15.3. The average Bonchev–Trinajstić information content (AvgIpc) is 3.22. The third-order valence-electron chi connectivity index (χ3n) is 10.1. The molecular formula is C49H35BIrN2O2-2. The van der Waals surface area contributed by atoms with E-state index in [1.807, 2.05) is 73.1 Å². The zero-order chi connectivity index (χ0) is 36.6.